The Morgan fingerprint density at radius 3 is 2.62 bits per heavy atom. The highest BCUT2D eigenvalue weighted by Crippen LogP contribution is 2.33. The van der Waals surface area contributed by atoms with Crippen LogP contribution in [0.3, 0.4) is 0 Å². The third kappa shape index (κ3) is 1.69. The Hall–Kier alpha value is -2.11. The quantitative estimate of drug-likeness (QED) is 0.852. The Morgan fingerprint density at radius 2 is 2.06 bits per heavy atom. The van der Waals surface area contributed by atoms with Crippen LogP contribution < -0.4 is 10.5 Å². The van der Waals surface area contributed by atoms with Crippen molar-refractivity contribution in [3.63, 3.8) is 0 Å². The van der Waals surface area contributed by atoms with E-state index in [2.05, 4.69) is 9.68 Å². The molecule has 0 amide bonds. The number of hydrogen-bond acceptors (Lipinski definition) is 4. The molecule has 84 valence electrons. The van der Waals surface area contributed by atoms with Crippen LogP contribution >= 0.6 is 0 Å². The fourth-order valence-corrected chi connectivity index (χ4v) is 1.37. The molecular weight excluding hydrogens is 218 g/mol. The highest BCUT2D eigenvalue weighted by molar-refractivity contribution is 5.68. The van der Waals surface area contributed by atoms with Gasteiger partial charge in [-0.1, -0.05) is 5.16 Å². The Labute approximate surface area is 89.6 Å². The van der Waals surface area contributed by atoms with Crippen molar-refractivity contribution in [2.45, 2.75) is 0 Å². The highest BCUT2D eigenvalue weighted by atomic mass is 19.1. The van der Waals surface area contributed by atoms with Gasteiger partial charge < -0.3 is 15.0 Å². The van der Waals surface area contributed by atoms with E-state index in [1.54, 1.807) is 0 Å². The lowest BCUT2D eigenvalue weighted by Crippen LogP contribution is -1.94. The molecule has 0 bridgehead atoms. The molecule has 0 saturated carbocycles. The van der Waals surface area contributed by atoms with Crippen molar-refractivity contribution in [1.29, 1.82) is 0 Å². The molecule has 0 saturated heterocycles. The van der Waals surface area contributed by atoms with Crippen molar-refractivity contribution in [2.24, 2.45) is 0 Å². The third-order valence-electron chi connectivity index (χ3n) is 2.02. The summed E-state index contributed by atoms with van der Waals surface area (Å²) in [4.78, 5) is 0. The molecule has 0 atom stereocenters. The topological polar surface area (TPSA) is 61.3 Å². The molecule has 1 aromatic carbocycles. The number of nitrogens with two attached hydrogens (primary N) is 1. The maximum absolute atomic E-state index is 13.3. The van der Waals surface area contributed by atoms with E-state index in [1.807, 2.05) is 0 Å². The van der Waals surface area contributed by atoms with Crippen LogP contribution in [-0.2, 0) is 0 Å². The molecular formula is C10H8F2N2O2. The van der Waals surface area contributed by atoms with Crippen LogP contribution in [-0.4, -0.2) is 12.3 Å². The second kappa shape index (κ2) is 3.80. The van der Waals surface area contributed by atoms with Gasteiger partial charge in [-0.05, 0) is 6.07 Å². The monoisotopic (exact) mass is 226 g/mol. The molecule has 0 spiro atoms. The predicted molar refractivity (Wildman–Crippen MR) is 52.8 cm³/mol. The minimum atomic E-state index is -0.806. The molecule has 4 nitrogen and oxygen atoms in total. The molecule has 0 radical (unpaired) electrons. The normalized spacial score (nSPS) is 10.4. The van der Waals surface area contributed by atoms with Crippen molar-refractivity contribution < 1.29 is 18.0 Å². The molecule has 2 N–H and O–H groups in total. The lowest BCUT2D eigenvalue weighted by molar-refractivity contribution is 0.384. The lowest BCUT2D eigenvalue weighted by atomic mass is 10.1. The van der Waals surface area contributed by atoms with Gasteiger partial charge >= 0.3 is 0 Å². The summed E-state index contributed by atoms with van der Waals surface area (Å²) in [5.74, 6) is -1.58. The molecule has 1 aromatic heterocycles. The van der Waals surface area contributed by atoms with Crippen molar-refractivity contribution in [2.75, 3.05) is 12.8 Å². The molecule has 2 aromatic rings. The summed E-state index contributed by atoms with van der Waals surface area (Å²) < 4.78 is 35.9. The van der Waals surface area contributed by atoms with Crippen molar-refractivity contribution in [3.05, 3.63) is 29.8 Å². The minimum absolute atomic E-state index is 0.0572. The van der Waals surface area contributed by atoms with E-state index in [9.17, 15) is 8.78 Å². The average molecular weight is 226 g/mol. The van der Waals surface area contributed by atoms with E-state index in [1.165, 1.54) is 13.2 Å². The Kier molecular flexibility index (Phi) is 2.47. The summed E-state index contributed by atoms with van der Waals surface area (Å²) in [6.45, 7) is 0. The number of aromatic nitrogens is 1. The zero-order valence-electron chi connectivity index (χ0n) is 8.33. The number of methoxy groups -OCH3 is 1. The fraction of sp³-hybridized carbons (Fsp3) is 0.100. The number of anilines is 1. The summed E-state index contributed by atoms with van der Waals surface area (Å²) in [7, 11) is 1.28. The van der Waals surface area contributed by atoms with Gasteiger partial charge in [-0.3, -0.25) is 0 Å². The largest absolute Gasteiger partial charge is 0.493 e. The molecule has 1 heterocycles. The van der Waals surface area contributed by atoms with E-state index in [0.717, 1.165) is 12.1 Å². The highest BCUT2D eigenvalue weighted by Gasteiger charge is 2.16. The summed E-state index contributed by atoms with van der Waals surface area (Å²) >= 11 is 0. The first-order valence-electron chi connectivity index (χ1n) is 4.37. The van der Waals surface area contributed by atoms with Gasteiger partial charge in [-0.25, -0.2) is 8.78 Å². The number of halogens is 2. The SMILES string of the molecule is COc1c(F)cc(F)cc1-c1cc(N)on1. The fourth-order valence-electron chi connectivity index (χ4n) is 1.37. The van der Waals surface area contributed by atoms with Gasteiger partial charge in [-0.15, -0.1) is 0 Å². The Morgan fingerprint density at radius 1 is 1.31 bits per heavy atom. The van der Waals surface area contributed by atoms with Gasteiger partial charge in [0.2, 0.25) is 5.88 Å². The molecule has 0 aliphatic heterocycles. The second-order valence-corrected chi connectivity index (χ2v) is 3.08. The second-order valence-electron chi connectivity index (χ2n) is 3.08. The number of nitrogens with zero attached hydrogens (tertiary/aromatic N) is 1. The van der Waals surface area contributed by atoms with Crippen LogP contribution in [0.25, 0.3) is 11.3 Å². The molecule has 6 heteroatoms. The maximum atomic E-state index is 13.3. The number of rotatable bonds is 2. The third-order valence-corrected chi connectivity index (χ3v) is 2.02. The van der Waals surface area contributed by atoms with Crippen molar-refractivity contribution in [1.82, 2.24) is 5.16 Å². The van der Waals surface area contributed by atoms with E-state index < -0.39 is 11.6 Å². The first kappa shape index (κ1) is 10.4. The average Bonchev–Trinajstić information content (AvgIpc) is 2.63. The first-order chi connectivity index (χ1) is 7.61. The number of ether oxygens (including phenoxy) is 1. The predicted octanol–water partition coefficient (Wildman–Crippen LogP) is 2.21. The standard InChI is InChI=1S/C10H8F2N2O2/c1-15-10-6(2-5(11)3-7(10)12)8-4-9(13)16-14-8/h2-4H,13H2,1H3. The molecule has 16 heavy (non-hydrogen) atoms. The van der Waals surface area contributed by atoms with Gasteiger partial charge in [-0.2, -0.15) is 0 Å². The number of hydrogen-bond donors (Lipinski definition) is 1. The molecule has 0 aliphatic rings. The maximum Gasteiger partial charge on any atom is 0.222 e. The van der Waals surface area contributed by atoms with Crippen LogP contribution in [0.5, 0.6) is 5.75 Å². The van der Waals surface area contributed by atoms with Crippen LogP contribution in [0.2, 0.25) is 0 Å². The van der Waals surface area contributed by atoms with Crippen LogP contribution in [0.1, 0.15) is 0 Å². The molecule has 0 aliphatic carbocycles. The van der Waals surface area contributed by atoms with E-state index in [0.29, 0.717) is 0 Å². The molecule has 0 fully saturated rings. The van der Waals surface area contributed by atoms with Crippen molar-refractivity contribution >= 4 is 5.88 Å². The summed E-state index contributed by atoms with van der Waals surface area (Å²) in [6, 6.07) is 3.18. The minimum Gasteiger partial charge on any atom is -0.493 e. The van der Waals surface area contributed by atoms with Gasteiger partial charge in [0.1, 0.15) is 11.5 Å². The summed E-state index contributed by atoms with van der Waals surface area (Å²) in [5.41, 5.74) is 5.69. The smallest absolute Gasteiger partial charge is 0.222 e. The lowest BCUT2D eigenvalue weighted by Gasteiger charge is -2.06. The van der Waals surface area contributed by atoms with Crippen LogP contribution in [0.4, 0.5) is 14.7 Å². The number of nitrogen functional groups attached to an aromatic ring is 1. The van der Waals surface area contributed by atoms with Gasteiger partial charge in [0.25, 0.3) is 0 Å². The van der Waals surface area contributed by atoms with Gasteiger partial charge in [0, 0.05) is 12.1 Å². The van der Waals surface area contributed by atoms with E-state index in [-0.39, 0.29) is 22.9 Å². The zero-order valence-corrected chi connectivity index (χ0v) is 8.33. The summed E-state index contributed by atoms with van der Waals surface area (Å²) in [5, 5.41) is 3.56. The van der Waals surface area contributed by atoms with Gasteiger partial charge in [0.05, 0.1) is 12.7 Å². The van der Waals surface area contributed by atoms with Crippen molar-refractivity contribution in [3.8, 4) is 17.0 Å². The van der Waals surface area contributed by atoms with Crippen LogP contribution in [0, 0.1) is 11.6 Å². The molecule has 2 rings (SSSR count). The van der Waals surface area contributed by atoms with E-state index >= 15 is 0 Å². The molecule has 0 unspecified atom stereocenters. The zero-order chi connectivity index (χ0) is 11.7. The number of benzene rings is 1. The van der Waals surface area contributed by atoms with Gasteiger partial charge in [0.15, 0.2) is 11.6 Å². The Bertz CT molecular complexity index is 526. The van der Waals surface area contributed by atoms with Crippen LogP contribution in [0.15, 0.2) is 22.7 Å². The van der Waals surface area contributed by atoms with E-state index in [4.69, 9.17) is 10.5 Å². The first-order valence-corrected chi connectivity index (χ1v) is 4.37. The summed E-state index contributed by atoms with van der Waals surface area (Å²) in [6.07, 6.45) is 0. The Balaban J connectivity index is 2.63.